The molecule has 0 aromatic carbocycles. The van der Waals surface area contributed by atoms with Gasteiger partial charge in [0, 0.05) is 24.7 Å². The second kappa shape index (κ2) is 7.67. The Morgan fingerprint density at radius 2 is 1.67 bits per heavy atom. The maximum absolute atomic E-state index is 12.2. The van der Waals surface area contributed by atoms with Crippen LogP contribution < -0.4 is 0 Å². The number of carbonyl (C=O) groups excluding carboxylic acids is 2. The maximum Gasteiger partial charge on any atom is 0.306 e. The lowest BCUT2D eigenvalue weighted by atomic mass is 9.47. The Bertz CT molecular complexity index is 741. The minimum Gasteiger partial charge on any atom is -0.462 e. The molecule has 7 atom stereocenters. The second-order valence-electron chi connectivity index (χ2n) is 11.0. The summed E-state index contributed by atoms with van der Waals surface area (Å²) in [6.07, 6.45) is 12.1. The Hall–Kier alpha value is -1.32. The van der Waals surface area contributed by atoms with E-state index < -0.39 is 0 Å². The summed E-state index contributed by atoms with van der Waals surface area (Å²) in [5.74, 6) is 1.87. The molecule has 168 valence electrons. The first-order valence-corrected chi connectivity index (χ1v) is 12.3. The van der Waals surface area contributed by atoms with Gasteiger partial charge in [-0.15, -0.1) is 0 Å². The summed E-state index contributed by atoms with van der Waals surface area (Å²) in [5.41, 5.74) is 1.52. The van der Waals surface area contributed by atoms with Crippen molar-refractivity contribution in [2.45, 2.75) is 111 Å². The van der Waals surface area contributed by atoms with Gasteiger partial charge in [-0.3, -0.25) is 9.59 Å². The first-order chi connectivity index (χ1) is 14.2. The molecular formula is C26H40O4. The van der Waals surface area contributed by atoms with Crippen LogP contribution in [0.5, 0.6) is 0 Å². The monoisotopic (exact) mass is 416 g/mol. The minimum absolute atomic E-state index is 0.0563. The summed E-state index contributed by atoms with van der Waals surface area (Å²) in [4.78, 5) is 24.0. The highest BCUT2D eigenvalue weighted by molar-refractivity contribution is 5.69. The third kappa shape index (κ3) is 3.24. The molecule has 30 heavy (non-hydrogen) atoms. The van der Waals surface area contributed by atoms with E-state index in [2.05, 4.69) is 26.8 Å². The molecule has 0 N–H and O–H groups in total. The van der Waals surface area contributed by atoms with Gasteiger partial charge in [-0.05, 0) is 75.0 Å². The van der Waals surface area contributed by atoms with Crippen molar-refractivity contribution < 1.29 is 19.1 Å². The maximum atomic E-state index is 12.2. The molecule has 0 amide bonds. The van der Waals surface area contributed by atoms with Gasteiger partial charge in [0.05, 0.1) is 0 Å². The van der Waals surface area contributed by atoms with E-state index in [0.717, 1.165) is 38.5 Å². The lowest BCUT2D eigenvalue weighted by Gasteiger charge is -2.59. The SMILES string of the molecule is CCC(=O)OC1CC[C@@]2(C)C(=CCC3C2CC[C@@]2(C)C3CC[C@]2(C)OC(=O)CC)C1. The van der Waals surface area contributed by atoms with Crippen LogP contribution in [-0.2, 0) is 19.1 Å². The zero-order valence-corrected chi connectivity index (χ0v) is 19.6. The second-order valence-corrected chi connectivity index (χ2v) is 11.0. The number of rotatable bonds is 4. The van der Waals surface area contributed by atoms with Crippen LogP contribution in [0.4, 0.5) is 0 Å². The molecule has 3 saturated carbocycles. The van der Waals surface area contributed by atoms with Crippen molar-refractivity contribution in [2.24, 2.45) is 28.6 Å². The average molecular weight is 417 g/mol. The topological polar surface area (TPSA) is 52.6 Å². The summed E-state index contributed by atoms with van der Waals surface area (Å²) in [7, 11) is 0. The van der Waals surface area contributed by atoms with Crippen molar-refractivity contribution in [3.8, 4) is 0 Å². The van der Waals surface area contributed by atoms with Crippen LogP contribution >= 0.6 is 0 Å². The van der Waals surface area contributed by atoms with Crippen molar-refractivity contribution >= 4 is 11.9 Å². The molecule has 0 aromatic heterocycles. The third-order valence-electron chi connectivity index (χ3n) is 9.80. The molecule has 0 saturated heterocycles. The van der Waals surface area contributed by atoms with E-state index >= 15 is 0 Å². The largest absolute Gasteiger partial charge is 0.462 e. The Morgan fingerprint density at radius 1 is 0.967 bits per heavy atom. The van der Waals surface area contributed by atoms with Crippen molar-refractivity contribution in [1.82, 2.24) is 0 Å². The van der Waals surface area contributed by atoms with E-state index in [1.807, 2.05) is 13.8 Å². The van der Waals surface area contributed by atoms with E-state index in [1.54, 1.807) is 0 Å². The van der Waals surface area contributed by atoms with Gasteiger partial charge < -0.3 is 9.47 Å². The van der Waals surface area contributed by atoms with Gasteiger partial charge in [-0.25, -0.2) is 0 Å². The predicted octanol–water partition coefficient (Wildman–Crippen LogP) is 5.98. The van der Waals surface area contributed by atoms with E-state index in [0.29, 0.717) is 30.6 Å². The highest BCUT2D eigenvalue weighted by atomic mass is 16.6. The highest BCUT2D eigenvalue weighted by Crippen LogP contribution is 2.67. The molecular weight excluding hydrogens is 376 g/mol. The Morgan fingerprint density at radius 3 is 2.37 bits per heavy atom. The quantitative estimate of drug-likeness (QED) is 0.418. The molecule has 0 radical (unpaired) electrons. The van der Waals surface area contributed by atoms with Gasteiger partial charge in [-0.1, -0.05) is 39.3 Å². The standard InChI is InChI=1S/C26H40O4/c1-6-22(27)29-18-10-13-24(3)17(16-18)8-9-19-20(24)11-14-25(4)21(19)12-15-26(25,5)30-23(28)7-2/h8,18-21H,6-7,9-16H2,1-5H3/t18?,19?,20?,21?,24-,25-,26-/m0/s1. The summed E-state index contributed by atoms with van der Waals surface area (Å²) < 4.78 is 11.8. The van der Waals surface area contributed by atoms with Crippen LogP contribution in [0, 0.1) is 28.6 Å². The molecule has 4 aliphatic rings. The van der Waals surface area contributed by atoms with Crippen LogP contribution in [0.25, 0.3) is 0 Å². The van der Waals surface area contributed by atoms with Crippen molar-refractivity contribution in [2.75, 3.05) is 0 Å². The van der Waals surface area contributed by atoms with E-state index in [-0.39, 0.29) is 34.5 Å². The van der Waals surface area contributed by atoms with E-state index in [1.165, 1.54) is 18.4 Å². The lowest BCUT2D eigenvalue weighted by Crippen LogP contribution is -2.55. The van der Waals surface area contributed by atoms with Crippen LogP contribution in [0.1, 0.15) is 98.8 Å². The molecule has 4 aliphatic carbocycles. The number of hydrogen-bond donors (Lipinski definition) is 0. The zero-order valence-electron chi connectivity index (χ0n) is 19.6. The van der Waals surface area contributed by atoms with E-state index in [9.17, 15) is 9.59 Å². The molecule has 4 rings (SSSR count). The van der Waals surface area contributed by atoms with Gasteiger partial charge in [0.15, 0.2) is 0 Å². The summed E-state index contributed by atoms with van der Waals surface area (Å²) >= 11 is 0. The van der Waals surface area contributed by atoms with Crippen molar-refractivity contribution in [1.29, 1.82) is 0 Å². The summed E-state index contributed by atoms with van der Waals surface area (Å²) in [6, 6.07) is 0. The van der Waals surface area contributed by atoms with E-state index in [4.69, 9.17) is 9.47 Å². The number of ether oxygens (including phenoxy) is 2. The van der Waals surface area contributed by atoms with Gasteiger partial charge in [-0.2, -0.15) is 0 Å². The van der Waals surface area contributed by atoms with Crippen LogP contribution in [0.2, 0.25) is 0 Å². The number of esters is 2. The fraction of sp³-hybridized carbons (Fsp3) is 0.846. The van der Waals surface area contributed by atoms with Crippen molar-refractivity contribution in [3.63, 3.8) is 0 Å². The molecule has 0 aromatic rings. The van der Waals surface area contributed by atoms with Gasteiger partial charge in [0.25, 0.3) is 0 Å². The highest BCUT2D eigenvalue weighted by Gasteiger charge is 2.64. The summed E-state index contributed by atoms with van der Waals surface area (Å²) in [6.45, 7) is 10.8. The molecule has 0 bridgehead atoms. The van der Waals surface area contributed by atoms with Gasteiger partial charge >= 0.3 is 11.9 Å². The zero-order chi connectivity index (χ0) is 21.7. The van der Waals surface area contributed by atoms with Gasteiger partial charge in [0.1, 0.15) is 11.7 Å². The number of hydrogen-bond acceptors (Lipinski definition) is 4. The Labute approximate surface area is 182 Å². The molecule has 4 unspecified atom stereocenters. The third-order valence-corrected chi connectivity index (χ3v) is 9.80. The number of allylic oxidation sites excluding steroid dienone is 1. The Kier molecular flexibility index (Phi) is 5.60. The summed E-state index contributed by atoms with van der Waals surface area (Å²) in [5, 5.41) is 0. The first-order valence-electron chi connectivity index (χ1n) is 12.3. The smallest absolute Gasteiger partial charge is 0.306 e. The fourth-order valence-corrected chi connectivity index (χ4v) is 7.71. The lowest BCUT2D eigenvalue weighted by molar-refractivity contribution is -0.179. The molecule has 0 spiro atoms. The van der Waals surface area contributed by atoms with Crippen LogP contribution in [0.3, 0.4) is 0 Å². The number of carbonyl (C=O) groups is 2. The average Bonchev–Trinajstić information content (AvgIpc) is 2.98. The number of fused-ring (bicyclic) bond motifs is 5. The van der Waals surface area contributed by atoms with Crippen molar-refractivity contribution in [3.05, 3.63) is 11.6 Å². The first kappa shape index (κ1) is 21.9. The fourth-order valence-electron chi connectivity index (χ4n) is 7.71. The molecule has 3 fully saturated rings. The normalized spacial score (nSPS) is 44.9. The van der Waals surface area contributed by atoms with Gasteiger partial charge in [0.2, 0.25) is 0 Å². The molecule has 4 nitrogen and oxygen atoms in total. The molecule has 0 heterocycles. The molecule has 0 aliphatic heterocycles. The molecule has 4 heteroatoms. The van der Waals surface area contributed by atoms with Crippen LogP contribution in [-0.4, -0.2) is 23.6 Å². The minimum atomic E-state index is -0.327. The van der Waals surface area contributed by atoms with Crippen LogP contribution in [0.15, 0.2) is 11.6 Å². The Balaban J connectivity index is 1.55. The predicted molar refractivity (Wildman–Crippen MR) is 117 cm³/mol.